The molecule has 0 unspecified atom stereocenters. The molecule has 0 radical (unpaired) electrons. The van der Waals surface area contributed by atoms with Gasteiger partial charge in [0.05, 0.1) is 0 Å². The second-order valence-corrected chi connectivity index (χ2v) is 3.84. The smallest absolute Gasteiger partial charge is 0.190 e. The van der Waals surface area contributed by atoms with E-state index >= 15 is 0 Å². The van der Waals surface area contributed by atoms with Crippen LogP contribution in [0.25, 0.3) is 0 Å². The molecule has 0 saturated heterocycles. The lowest BCUT2D eigenvalue weighted by Crippen LogP contribution is -2.16. The van der Waals surface area contributed by atoms with E-state index in [1.54, 1.807) is 0 Å². The Morgan fingerprint density at radius 1 is 1.19 bits per heavy atom. The molecule has 82 valence electrons. The van der Waals surface area contributed by atoms with Gasteiger partial charge in [-0.25, -0.2) is 0 Å². The largest absolute Gasteiger partial charge is 0.508 e. The Balaban J connectivity index is 2.52. The molecule has 0 saturated carbocycles. The van der Waals surface area contributed by atoms with Crippen LogP contribution in [0.4, 0.5) is 0 Å². The number of phenols is 1. The average Bonchev–Trinajstić information content (AvgIpc) is 2.25. The first-order valence-corrected chi connectivity index (χ1v) is 5.26. The van der Waals surface area contributed by atoms with Crippen molar-refractivity contribution < 1.29 is 14.7 Å². The Labute approximate surface area is 93.4 Å². The lowest BCUT2D eigenvalue weighted by Gasteiger charge is -2.14. The van der Waals surface area contributed by atoms with Crippen molar-refractivity contribution >= 4 is 11.6 Å². The minimum absolute atomic E-state index is 0.0117. The standard InChI is InChI=1S/C13H12O3/c1-2-3-8-6-12(15)10-5-4-9(14)7-11(10)13(8)16/h4-7,14H,2-3H2,1H3. The highest BCUT2D eigenvalue weighted by Gasteiger charge is 2.24. The molecule has 1 aliphatic carbocycles. The van der Waals surface area contributed by atoms with E-state index in [2.05, 4.69) is 0 Å². The third-order valence-corrected chi connectivity index (χ3v) is 2.63. The Morgan fingerprint density at radius 2 is 1.94 bits per heavy atom. The van der Waals surface area contributed by atoms with Crippen molar-refractivity contribution in [3.05, 3.63) is 41.0 Å². The van der Waals surface area contributed by atoms with Crippen molar-refractivity contribution in [1.82, 2.24) is 0 Å². The number of carbonyl (C=O) groups is 2. The molecule has 0 bridgehead atoms. The van der Waals surface area contributed by atoms with E-state index in [0.29, 0.717) is 23.1 Å². The third-order valence-electron chi connectivity index (χ3n) is 2.63. The second kappa shape index (κ2) is 3.93. The van der Waals surface area contributed by atoms with Crippen LogP contribution in [-0.2, 0) is 0 Å². The summed E-state index contributed by atoms with van der Waals surface area (Å²) in [5.74, 6) is -0.289. The van der Waals surface area contributed by atoms with Crippen LogP contribution in [-0.4, -0.2) is 16.7 Å². The Hall–Kier alpha value is -1.90. The Bertz CT molecular complexity index is 498. The first-order chi connectivity index (χ1) is 7.63. The molecule has 3 nitrogen and oxygen atoms in total. The first kappa shape index (κ1) is 10.6. The van der Waals surface area contributed by atoms with Crippen LogP contribution in [0.1, 0.15) is 40.5 Å². The van der Waals surface area contributed by atoms with E-state index in [4.69, 9.17) is 0 Å². The van der Waals surface area contributed by atoms with E-state index in [1.165, 1.54) is 24.3 Å². The maximum atomic E-state index is 12.0. The van der Waals surface area contributed by atoms with Crippen LogP contribution >= 0.6 is 0 Å². The summed E-state index contributed by atoms with van der Waals surface area (Å²) >= 11 is 0. The summed E-state index contributed by atoms with van der Waals surface area (Å²) < 4.78 is 0. The lowest BCUT2D eigenvalue weighted by molar-refractivity contribution is 0.0981. The number of fused-ring (bicyclic) bond motifs is 1. The molecule has 0 spiro atoms. The molecule has 1 aromatic carbocycles. The molecule has 2 rings (SSSR count). The Morgan fingerprint density at radius 3 is 2.62 bits per heavy atom. The number of ketones is 2. The van der Waals surface area contributed by atoms with Crippen LogP contribution in [0.2, 0.25) is 0 Å². The number of allylic oxidation sites excluding steroid dienone is 2. The van der Waals surface area contributed by atoms with Crippen molar-refractivity contribution in [1.29, 1.82) is 0 Å². The average molecular weight is 216 g/mol. The van der Waals surface area contributed by atoms with Crippen molar-refractivity contribution in [2.75, 3.05) is 0 Å². The minimum atomic E-state index is -0.155. The van der Waals surface area contributed by atoms with Gasteiger partial charge >= 0.3 is 0 Å². The molecule has 0 aliphatic heterocycles. The number of hydrogen-bond acceptors (Lipinski definition) is 3. The van der Waals surface area contributed by atoms with Crippen molar-refractivity contribution in [2.24, 2.45) is 0 Å². The lowest BCUT2D eigenvalue weighted by atomic mass is 9.87. The summed E-state index contributed by atoms with van der Waals surface area (Å²) in [4.78, 5) is 23.7. The van der Waals surface area contributed by atoms with E-state index in [-0.39, 0.29) is 17.3 Å². The highest BCUT2D eigenvalue weighted by molar-refractivity contribution is 6.24. The summed E-state index contributed by atoms with van der Waals surface area (Å²) in [7, 11) is 0. The van der Waals surface area contributed by atoms with Gasteiger partial charge in [0.15, 0.2) is 11.6 Å². The summed E-state index contributed by atoms with van der Waals surface area (Å²) in [6, 6.07) is 4.27. The molecule has 1 N–H and O–H groups in total. The fourth-order valence-electron chi connectivity index (χ4n) is 1.86. The summed E-state index contributed by atoms with van der Waals surface area (Å²) in [5.41, 5.74) is 1.23. The molecule has 0 amide bonds. The molecule has 1 aliphatic rings. The second-order valence-electron chi connectivity index (χ2n) is 3.84. The molecule has 0 fully saturated rings. The predicted octanol–water partition coefficient (Wildman–Crippen LogP) is 2.50. The number of hydrogen-bond donors (Lipinski definition) is 1. The molecule has 16 heavy (non-hydrogen) atoms. The quantitative estimate of drug-likeness (QED) is 0.826. The van der Waals surface area contributed by atoms with E-state index < -0.39 is 0 Å². The van der Waals surface area contributed by atoms with Gasteiger partial charge in [0, 0.05) is 16.7 Å². The van der Waals surface area contributed by atoms with Gasteiger partial charge in [0.2, 0.25) is 0 Å². The fourth-order valence-corrected chi connectivity index (χ4v) is 1.86. The molecule has 0 aromatic heterocycles. The maximum Gasteiger partial charge on any atom is 0.190 e. The monoisotopic (exact) mass is 216 g/mol. The van der Waals surface area contributed by atoms with Crippen molar-refractivity contribution in [2.45, 2.75) is 19.8 Å². The van der Waals surface area contributed by atoms with Gasteiger partial charge in [-0.3, -0.25) is 9.59 Å². The highest BCUT2D eigenvalue weighted by atomic mass is 16.3. The molecule has 3 heteroatoms. The molecule has 1 aromatic rings. The van der Waals surface area contributed by atoms with Gasteiger partial charge in [0.25, 0.3) is 0 Å². The third kappa shape index (κ3) is 1.65. The molecule has 0 heterocycles. The number of carbonyl (C=O) groups excluding carboxylic acids is 2. The zero-order valence-electron chi connectivity index (χ0n) is 8.99. The maximum absolute atomic E-state index is 12.0. The van der Waals surface area contributed by atoms with Gasteiger partial charge in [-0.05, 0) is 30.7 Å². The van der Waals surface area contributed by atoms with Gasteiger partial charge in [0.1, 0.15) is 5.75 Å². The molecule has 0 atom stereocenters. The van der Waals surface area contributed by atoms with E-state index in [9.17, 15) is 14.7 Å². The molecular weight excluding hydrogens is 204 g/mol. The molecular formula is C13H12O3. The SMILES string of the molecule is CCCC1=CC(=O)c2ccc(O)cc2C1=O. The normalized spacial score (nSPS) is 14.7. The van der Waals surface area contributed by atoms with Gasteiger partial charge in [-0.15, -0.1) is 0 Å². The Kier molecular flexibility index (Phi) is 2.60. The topological polar surface area (TPSA) is 54.4 Å². The predicted molar refractivity (Wildman–Crippen MR) is 59.8 cm³/mol. The van der Waals surface area contributed by atoms with Gasteiger partial charge in [-0.1, -0.05) is 13.3 Å². The van der Waals surface area contributed by atoms with Crippen molar-refractivity contribution in [3.8, 4) is 5.75 Å². The number of phenolic OH excluding ortho intramolecular Hbond substituents is 1. The summed E-state index contributed by atoms with van der Waals surface area (Å²) in [6.45, 7) is 1.95. The minimum Gasteiger partial charge on any atom is -0.508 e. The van der Waals surface area contributed by atoms with Gasteiger partial charge in [-0.2, -0.15) is 0 Å². The first-order valence-electron chi connectivity index (χ1n) is 5.26. The zero-order chi connectivity index (χ0) is 11.7. The van der Waals surface area contributed by atoms with Crippen molar-refractivity contribution in [3.63, 3.8) is 0 Å². The number of benzene rings is 1. The summed E-state index contributed by atoms with van der Waals surface area (Å²) in [5, 5.41) is 9.33. The fraction of sp³-hybridized carbons (Fsp3) is 0.231. The highest BCUT2D eigenvalue weighted by Crippen LogP contribution is 2.26. The van der Waals surface area contributed by atoms with Crippen LogP contribution in [0, 0.1) is 0 Å². The van der Waals surface area contributed by atoms with E-state index in [0.717, 1.165) is 6.42 Å². The zero-order valence-corrected chi connectivity index (χ0v) is 8.99. The van der Waals surface area contributed by atoms with E-state index in [1.807, 2.05) is 6.92 Å². The van der Waals surface area contributed by atoms with Crippen LogP contribution < -0.4 is 0 Å². The number of aromatic hydroxyl groups is 1. The van der Waals surface area contributed by atoms with Crippen LogP contribution in [0.5, 0.6) is 5.75 Å². The van der Waals surface area contributed by atoms with Crippen LogP contribution in [0.15, 0.2) is 29.8 Å². The number of rotatable bonds is 2. The summed E-state index contributed by atoms with van der Waals surface area (Å²) in [6.07, 6.45) is 2.82. The number of Topliss-reactive ketones (excluding diaryl/α,β-unsaturated/α-hetero) is 1. The van der Waals surface area contributed by atoms with Crippen LogP contribution in [0.3, 0.4) is 0 Å². The van der Waals surface area contributed by atoms with Gasteiger partial charge < -0.3 is 5.11 Å².